The number of allylic oxidation sites excluding steroid dienone is 4. The number of hydrogen-bond donors (Lipinski definition) is 0. The molecule has 0 aliphatic heterocycles. The Balaban J connectivity index is 1.82. The zero-order chi connectivity index (χ0) is 37.3. The van der Waals surface area contributed by atoms with E-state index in [1.807, 2.05) is 0 Å². The molecule has 0 saturated heterocycles. The molecule has 3 rings (SSSR count). The average Bonchev–Trinajstić information content (AvgIpc) is 3.31. The third-order valence-corrected chi connectivity index (χ3v) is 21.8. The summed E-state index contributed by atoms with van der Waals surface area (Å²) in [4.78, 5) is 12.8. The molecule has 0 heterocycles. The fourth-order valence-corrected chi connectivity index (χ4v) is 10.4. The highest BCUT2D eigenvalue weighted by Crippen LogP contribution is 2.56. The van der Waals surface area contributed by atoms with Crippen LogP contribution in [0.2, 0.25) is 36.3 Å². The largest absolute Gasteiger partial charge is 0.460 e. The van der Waals surface area contributed by atoms with Gasteiger partial charge >= 0.3 is 5.97 Å². The van der Waals surface area contributed by atoms with Crippen molar-refractivity contribution in [1.29, 1.82) is 0 Å². The van der Waals surface area contributed by atoms with Gasteiger partial charge in [0, 0.05) is 6.42 Å². The number of ether oxygens (including phenoxy) is 2. The molecule has 2 fully saturated rings. The normalized spacial score (nSPS) is 28.1. The van der Waals surface area contributed by atoms with Gasteiger partial charge in [-0.3, -0.25) is 0 Å². The summed E-state index contributed by atoms with van der Waals surface area (Å²) < 4.78 is 26.2. The lowest BCUT2D eigenvalue weighted by molar-refractivity contribution is -0.160. The van der Waals surface area contributed by atoms with E-state index in [0.29, 0.717) is 5.92 Å². The molecule has 0 bridgehead atoms. The van der Waals surface area contributed by atoms with E-state index in [1.165, 1.54) is 16.7 Å². The molecule has 5 atom stereocenters. The van der Waals surface area contributed by atoms with Gasteiger partial charge in [-0.05, 0) is 115 Å². The first kappa shape index (κ1) is 42.2. The monoisotopic (exact) mass is 715 g/mol. The van der Waals surface area contributed by atoms with Crippen LogP contribution in [0.5, 0.6) is 0 Å². The van der Waals surface area contributed by atoms with Gasteiger partial charge < -0.3 is 18.3 Å². The van der Waals surface area contributed by atoms with E-state index in [0.717, 1.165) is 44.1 Å². The van der Waals surface area contributed by atoms with Crippen molar-refractivity contribution in [2.45, 2.75) is 182 Å². The van der Waals surface area contributed by atoms with Crippen molar-refractivity contribution in [3.05, 3.63) is 47.1 Å². The SMILES string of the molecule is C=C1C(=CC=C2CCC[C@]3(C)C([C@H](C)OCC(=O)OC(C(C)C)C(C)C)=CC[C@@H]23)C[C@@H](O[Si](C)(C)C(C)(C)C)C[C@@H]1O[Si](C)(C)C(C)(C)C. The van der Waals surface area contributed by atoms with Gasteiger partial charge in [-0.15, -0.1) is 0 Å². The van der Waals surface area contributed by atoms with Crippen LogP contribution in [0.4, 0.5) is 0 Å². The lowest BCUT2D eigenvalue weighted by Crippen LogP contribution is -2.49. The topological polar surface area (TPSA) is 54.0 Å². The summed E-state index contributed by atoms with van der Waals surface area (Å²) in [5.41, 5.74) is 5.28. The summed E-state index contributed by atoms with van der Waals surface area (Å²) in [6, 6.07) is 0. The third kappa shape index (κ3) is 10.00. The van der Waals surface area contributed by atoms with Crippen LogP contribution in [-0.4, -0.2) is 53.6 Å². The van der Waals surface area contributed by atoms with Crippen LogP contribution in [0.15, 0.2) is 47.1 Å². The summed E-state index contributed by atoms with van der Waals surface area (Å²) in [5.74, 6) is 0.721. The molecule has 2 saturated carbocycles. The molecule has 0 radical (unpaired) electrons. The van der Waals surface area contributed by atoms with Crippen molar-refractivity contribution in [2.75, 3.05) is 6.61 Å². The minimum Gasteiger partial charge on any atom is -0.460 e. The molecular formula is C42H74O5Si2. The second-order valence-corrected chi connectivity index (χ2v) is 28.9. The highest BCUT2D eigenvalue weighted by atomic mass is 28.4. The van der Waals surface area contributed by atoms with Gasteiger partial charge in [-0.1, -0.05) is 107 Å². The fourth-order valence-electron chi connectivity index (χ4n) is 7.76. The Morgan fingerprint density at radius 1 is 0.959 bits per heavy atom. The summed E-state index contributed by atoms with van der Waals surface area (Å²) in [6.07, 6.45) is 13.2. The number of carbonyl (C=O) groups excluding carboxylic acids is 1. The Morgan fingerprint density at radius 3 is 2.08 bits per heavy atom. The highest BCUT2D eigenvalue weighted by molar-refractivity contribution is 6.74. The molecule has 3 aliphatic carbocycles. The van der Waals surface area contributed by atoms with Crippen LogP contribution in [0.1, 0.15) is 122 Å². The number of fused-ring (bicyclic) bond motifs is 1. The van der Waals surface area contributed by atoms with E-state index in [-0.39, 0.29) is 64.3 Å². The van der Waals surface area contributed by atoms with Crippen LogP contribution in [0.25, 0.3) is 0 Å². The number of carbonyl (C=O) groups is 1. The van der Waals surface area contributed by atoms with Crippen LogP contribution in [0, 0.1) is 23.2 Å². The van der Waals surface area contributed by atoms with Crippen molar-refractivity contribution in [3.8, 4) is 0 Å². The first-order valence-electron chi connectivity index (χ1n) is 19.3. The van der Waals surface area contributed by atoms with Crippen LogP contribution in [-0.2, 0) is 23.1 Å². The highest BCUT2D eigenvalue weighted by Gasteiger charge is 2.47. The zero-order valence-corrected chi connectivity index (χ0v) is 36.5. The molecular weight excluding hydrogens is 641 g/mol. The number of esters is 1. The van der Waals surface area contributed by atoms with E-state index in [9.17, 15) is 4.79 Å². The van der Waals surface area contributed by atoms with Gasteiger partial charge in [0.1, 0.15) is 12.7 Å². The van der Waals surface area contributed by atoms with Crippen molar-refractivity contribution in [1.82, 2.24) is 0 Å². The Hall–Kier alpha value is -1.26. The fraction of sp³-hybridized carbons (Fsp3) is 0.786. The number of hydrogen-bond acceptors (Lipinski definition) is 5. The predicted molar refractivity (Wildman–Crippen MR) is 212 cm³/mol. The summed E-state index contributed by atoms with van der Waals surface area (Å²) in [6.45, 7) is 40.9. The standard InChI is InChI=1S/C42H74O5Si2/c1-28(2)39(29(3)4)45-38(43)27-44-31(6)35-22-23-36-32(19-18-24-42(35,36)13)20-21-33-25-34(46-48(14,15)40(7,8)9)26-37(30(33)5)47-49(16,17)41(10,11)12/h20-22,28-29,31,34,36-37,39H,5,18-19,23-27H2,1-4,6-17H3/t31-,34+,36-,37-,42+/m0/s1. The zero-order valence-electron chi connectivity index (χ0n) is 34.5. The maximum Gasteiger partial charge on any atom is 0.332 e. The van der Waals surface area contributed by atoms with E-state index in [4.69, 9.17) is 18.3 Å². The molecule has 0 unspecified atom stereocenters. The van der Waals surface area contributed by atoms with Crippen molar-refractivity contribution in [3.63, 3.8) is 0 Å². The van der Waals surface area contributed by atoms with Gasteiger partial charge in [0.25, 0.3) is 0 Å². The Labute approximate surface area is 304 Å². The molecule has 0 amide bonds. The van der Waals surface area contributed by atoms with Crippen LogP contribution < -0.4 is 0 Å². The molecule has 280 valence electrons. The molecule has 0 N–H and O–H groups in total. The molecule has 0 spiro atoms. The maximum atomic E-state index is 12.8. The lowest BCUT2D eigenvalue weighted by Gasteiger charge is -2.45. The van der Waals surface area contributed by atoms with Gasteiger partial charge in [0.2, 0.25) is 0 Å². The van der Waals surface area contributed by atoms with Crippen molar-refractivity contribution in [2.24, 2.45) is 23.2 Å². The maximum absolute atomic E-state index is 12.8. The summed E-state index contributed by atoms with van der Waals surface area (Å²) in [7, 11) is -3.99. The Kier molecular flexibility index (Phi) is 13.6. The second kappa shape index (κ2) is 15.8. The first-order valence-corrected chi connectivity index (χ1v) is 25.1. The molecule has 49 heavy (non-hydrogen) atoms. The predicted octanol–water partition coefficient (Wildman–Crippen LogP) is 11.7. The van der Waals surface area contributed by atoms with Crippen LogP contribution >= 0.6 is 0 Å². The number of rotatable bonds is 12. The molecule has 0 aromatic carbocycles. The second-order valence-electron chi connectivity index (χ2n) is 19.4. The van der Waals surface area contributed by atoms with Gasteiger partial charge in [-0.2, -0.15) is 0 Å². The molecule has 7 heteroatoms. The van der Waals surface area contributed by atoms with E-state index >= 15 is 0 Å². The first-order chi connectivity index (χ1) is 22.3. The van der Waals surface area contributed by atoms with Crippen LogP contribution in [0.3, 0.4) is 0 Å². The summed E-state index contributed by atoms with van der Waals surface area (Å²) >= 11 is 0. The Bertz CT molecular complexity index is 1270. The van der Waals surface area contributed by atoms with E-state index in [2.05, 4.69) is 134 Å². The van der Waals surface area contributed by atoms with Gasteiger partial charge in [0.15, 0.2) is 16.6 Å². The summed E-state index contributed by atoms with van der Waals surface area (Å²) in [5, 5.41) is 0.270. The van der Waals surface area contributed by atoms with E-state index in [1.54, 1.807) is 0 Å². The minimum absolute atomic E-state index is 0.0116. The van der Waals surface area contributed by atoms with Crippen molar-refractivity contribution < 1.29 is 23.1 Å². The average molecular weight is 715 g/mol. The smallest absolute Gasteiger partial charge is 0.332 e. The van der Waals surface area contributed by atoms with Gasteiger partial charge in [0.05, 0.1) is 18.3 Å². The quantitative estimate of drug-likeness (QED) is 0.114. The molecule has 0 aromatic rings. The Morgan fingerprint density at radius 2 is 1.53 bits per heavy atom. The van der Waals surface area contributed by atoms with Crippen molar-refractivity contribution >= 4 is 22.6 Å². The lowest BCUT2D eigenvalue weighted by atomic mass is 9.63. The molecule has 5 nitrogen and oxygen atoms in total. The van der Waals surface area contributed by atoms with E-state index < -0.39 is 16.6 Å². The molecule has 0 aromatic heterocycles. The van der Waals surface area contributed by atoms with Gasteiger partial charge in [-0.25, -0.2) is 4.79 Å². The molecule has 3 aliphatic rings. The minimum atomic E-state index is -2.02. The third-order valence-electron chi connectivity index (χ3n) is 12.8.